The van der Waals surface area contributed by atoms with E-state index in [2.05, 4.69) is 55.4 Å². The van der Waals surface area contributed by atoms with Crippen LogP contribution in [0, 0.1) is 0 Å². The molecular formula is C20H28N2O2. The van der Waals surface area contributed by atoms with Crippen molar-refractivity contribution in [3.8, 4) is 5.75 Å². The van der Waals surface area contributed by atoms with Crippen LogP contribution in [-0.2, 0) is 0 Å². The molecule has 0 aromatic heterocycles. The Kier molecular flexibility index (Phi) is 6.64. The molecule has 2 N–H and O–H groups in total. The van der Waals surface area contributed by atoms with E-state index in [-0.39, 0.29) is 6.04 Å². The lowest BCUT2D eigenvalue weighted by Gasteiger charge is -2.20. The number of benzene rings is 2. The third-order valence-electron chi connectivity index (χ3n) is 4.43. The molecule has 4 heteroatoms. The average molecular weight is 328 g/mol. The van der Waals surface area contributed by atoms with Gasteiger partial charge in [0.25, 0.3) is 0 Å². The molecule has 2 unspecified atom stereocenters. The van der Waals surface area contributed by atoms with Gasteiger partial charge < -0.3 is 20.1 Å². The fourth-order valence-electron chi connectivity index (χ4n) is 2.55. The van der Waals surface area contributed by atoms with Crippen molar-refractivity contribution < 1.29 is 9.84 Å². The highest BCUT2D eigenvalue weighted by Crippen LogP contribution is 2.20. The van der Waals surface area contributed by atoms with E-state index in [9.17, 15) is 5.11 Å². The number of anilines is 1. The largest absolute Gasteiger partial charge is 0.497 e. The molecule has 2 aromatic rings. The third kappa shape index (κ3) is 4.73. The number of nitrogens with one attached hydrogen (secondary N) is 1. The molecule has 2 aromatic carbocycles. The molecule has 24 heavy (non-hydrogen) atoms. The number of nitrogens with zero attached hydrogens (tertiary/aromatic N) is 1. The molecule has 0 aliphatic heterocycles. The molecule has 0 aliphatic rings. The van der Waals surface area contributed by atoms with Crippen LogP contribution >= 0.6 is 0 Å². The van der Waals surface area contributed by atoms with Crippen molar-refractivity contribution in [1.82, 2.24) is 5.32 Å². The second-order valence-electron chi connectivity index (χ2n) is 6.02. The third-order valence-corrected chi connectivity index (χ3v) is 4.43. The van der Waals surface area contributed by atoms with Crippen LogP contribution in [0.2, 0.25) is 0 Å². The number of methoxy groups -OCH3 is 1. The number of hydrogen-bond donors (Lipinski definition) is 2. The van der Waals surface area contributed by atoms with Crippen LogP contribution in [0.25, 0.3) is 0 Å². The molecule has 0 saturated carbocycles. The topological polar surface area (TPSA) is 44.7 Å². The molecule has 0 radical (unpaired) electrons. The van der Waals surface area contributed by atoms with Gasteiger partial charge in [0, 0.05) is 31.9 Å². The van der Waals surface area contributed by atoms with Crippen molar-refractivity contribution in [3.63, 3.8) is 0 Å². The van der Waals surface area contributed by atoms with Crippen molar-refractivity contribution in [2.45, 2.75) is 26.0 Å². The number of rotatable bonds is 8. The first kappa shape index (κ1) is 18.3. The fraction of sp³-hybridized carbons (Fsp3) is 0.400. The second kappa shape index (κ2) is 8.71. The lowest BCUT2D eigenvalue weighted by atomic mass is 10.1. The summed E-state index contributed by atoms with van der Waals surface area (Å²) in [6.45, 7) is 5.74. The average Bonchev–Trinajstić information content (AvgIpc) is 2.65. The highest BCUT2D eigenvalue weighted by atomic mass is 16.5. The molecule has 0 saturated heterocycles. The summed E-state index contributed by atoms with van der Waals surface area (Å²) in [5, 5.41) is 13.7. The Hall–Kier alpha value is -2.04. The van der Waals surface area contributed by atoms with E-state index in [1.807, 2.05) is 24.3 Å². The fourth-order valence-corrected chi connectivity index (χ4v) is 2.55. The van der Waals surface area contributed by atoms with Gasteiger partial charge in [-0.2, -0.15) is 0 Å². The van der Waals surface area contributed by atoms with Gasteiger partial charge in [-0.3, -0.25) is 0 Å². The summed E-state index contributed by atoms with van der Waals surface area (Å²) >= 11 is 0. The maximum atomic E-state index is 10.3. The molecule has 0 aliphatic carbocycles. The number of aliphatic hydroxyl groups excluding tert-OH is 1. The molecule has 130 valence electrons. The van der Waals surface area contributed by atoms with Gasteiger partial charge >= 0.3 is 0 Å². The van der Waals surface area contributed by atoms with Crippen molar-refractivity contribution in [2.24, 2.45) is 0 Å². The zero-order valence-corrected chi connectivity index (χ0v) is 15.0. The van der Waals surface area contributed by atoms with Crippen molar-refractivity contribution in [1.29, 1.82) is 0 Å². The van der Waals surface area contributed by atoms with Crippen LogP contribution in [0.15, 0.2) is 48.5 Å². The molecule has 4 nitrogen and oxygen atoms in total. The molecule has 0 heterocycles. The molecule has 0 spiro atoms. The Morgan fingerprint density at radius 3 is 2.17 bits per heavy atom. The first-order valence-electron chi connectivity index (χ1n) is 8.41. The minimum absolute atomic E-state index is 0.180. The van der Waals surface area contributed by atoms with Crippen LogP contribution < -0.4 is 15.0 Å². The first-order chi connectivity index (χ1) is 11.5. The molecule has 0 amide bonds. The van der Waals surface area contributed by atoms with Gasteiger partial charge in [0.15, 0.2) is 0 Å². The molecule has 2 atom stereocenters. The Bertz CT molecular complexity index is 611. The first-order valence-corrected chi connectivity index (χ1v) is 8.41. The van der Waals surface area contributed by atoms with Gasteiger partial charge in [0.05, 0.1) is 13.2 Å². The monoisotopic (exact) mass is 328 g/mol. The summed E-state index contributed by atoms with van der Waals surface area (Å²) in [4.78, 5) is 2.20. The van der Waals surface area contributed by atoms with Crippen LogP contribution in [0.1, 0.15) is 37.1 Å². The van der Waals surface area contributed by atoms with Crippen LogP contribution in [0.3, 0.4) is 0 Å². The molecule has 0 fully saturated rings. The van der Waals surface area contributed by atoms with E-state index < -0.39 is 6.10 Å². The van der Waals surface area contributed by atoms with Gasteiger partial charge in [0.1, 0.15) is 5.75 Å². The summed E-state index contributed by atoms with van der Waals surface area (Å²) in [6, 6.07) is 16.2. The van der Waals surface area contributed by atoms with Gasteiger partial charge in [-0.1, -0.05) is 24.3 Å². The summed E-state index contributed by atoms with van der Waals surface area (Å²) < 4.78 is 5.14. The lowest BCUT2D eigenvalue weighted by molar-refractivity contribution is 0.170. The maximum Gasteiger partial charge on any atom is 0.118 e. The van der Waals surface area contributed by atoms with Crippen molar-refractivity contribution >= 4 is 5.69 Å². The van der Waals surface area contributed by atoms with E-state index in [1.54, 1.807) is 7.11 Å². The van der Waals surface area contributed by atoms with E-state index in [0.29, 0.717) is 6.54 Å². The minimum atomic E-state index is -0.538. The van der Waals surface area contributed by atoms with E-state index in [0.717, 1.165) is 17.9 Å². The number of aliphatic hydroxyl groups is 1. The zero-order valence-electron chi connectivity index (χ0n) is 15.0. The quantitative estimate of drug-likeness (QED) is 0.778. The van der Waals surface area contributed by atoms with E-state index in [1.165, 1.54) is 11.3 Å². The Labute approximate surface area is 145 Å². The van der Waals surface area contributed by atoms with E-state index in [4.69, 9.17) is 4.74 Å². The summed E-state index contributed by atoms with van der Waals surface area (Å²) in [6.07, 6.45) is -0.538. The smallest absolute Gasteiger partial charge is 0.118 e. The highest BCUT2D eigenvalue weighted by Gasteiger charge is 2.11. The molecule has 0 bridgehead atoms. The second-order valence-corrected chi connectivity index (χ2v) is 6.02. The molecule has 2 rings (SSSR count). The maximum absolute atomic E-state index is 10.3. The van der Waals surface area contributed by atoms with Crippen molar-refractivity contribution in [2.75, 3.05) is 32.1 Å². The predicted molar refractivity (Wildman–Crippen MR) is 99.8 cm³/mol. The van der Waals surface area contributed by atoms with Crippen molar-refractivity contribution in [3.05, 3.63) is 59.7 Å². The number of ether oxygens (including phenoxy) is 1. The van der Waals surface area contributed by atoms with Crippen LogP contribution in [-0.4, -0.2) is 32.4 Å². The SMILES string of the molecule is CCN(C)c1ccc(C(C)NCC(O)c2ccc(OC)cc2)cc1. The normalized spacial score (nSPS) is 13.4. The summed E-state index contributed by atoms with van der Waals surface area (Å²) in [5.41, 5.74) is 3.31. The number of hydrogen-bond acceptors (Lipinski definition) is 4. The predicted octanol–water partition coefficient (Wildman–Crippen LogP) is 3.54. The van der Waals surface area contributed by atoms with Crippen LogP contribution in [0.4, 0.5) is 5.69 Å². The Morgan fingerprint density at radius 2 is 1.62 bits per heavy atom. The van der Waals surface area contributed by atoms with Gasteiger partial charge in [-0.25, -0.2) is 0 Å². The van der Waals surface area contributed by atoms with E-state index >= 15 is 0 Å². The van der Waals surface area contributed by atoms with Gasteiger partial charge in [0.2, 0.25) is 0 Å². The van der Waals surface area contributed by atoms with Gasteiger partial charge in [-0.15, -0.1) is 0 Å². The Morgan fingerprint density at radius 1 is 1.04 bits per heavy atom. The van der Waals surface area contributed by atoms with Gasteiger partial charge in [-0.05, 0) is 49.2 Å². The Balaban J connectivity index is 1.90. The summed E-state index contributed by atoms with van der Waals surface area (Å²) in [5.74, 6) is 0.796. The standard InChI is InChI=1S/C20H28N2O2/c1-5-22(3)18-10-6-16(7-11-18)15(2)21-14-20(23)17-8-12-19(24-4)13-9-17/h6-13,15,20-21,23H,5,14H2,1-4H3. The summed E-state index contributed by atoms with van der Waals surface area (Å²) in [7, 11) is 3.72. The molecular weight excluding hydrogens is 300 g/mol. The highest BCUT2D eigenvalue weighted by molar-refractivity contribution is 5.47. The lowest BCUT2D eigenvalue weighted by Crippen LogP contribution is -2.24. The minimum Gasteiger partial charge on any atom is -0.497 e. The van der Waals surface area contributed by atoms with Crippen LogP contribution in [0.5, 0.6) is 5.75 Å². The zero-order chi connectivity index (χ0) is 17.5.